The lowest BCUT2D eigenvalue weighted by Crippen LogP contribution is -2.48. The van der Waals surface area contributed by atoms with Crippen molar-refractivity contribution in [1.29, 1.82) is 0 Å². The molecule has 1 aliphatic heterocycles. The number of halogens is 1. The van der Waals surface area contributed by atoms with Crippen molar-refractivity contribution in [3.8, 4) is 34.0 Å². The van der Waals surface area contributed by atoms with Crippen molar-refractivity contribution >= 4 is 11.9 Å². The second-order valence-electron chi connectivity index (χ2n) is 9.15. The van der Waals surface area contributed by atoms with Crippen molar-refractivity contribution in [2.75, 3.05) is 13.1 Å². The molecule has 0 saturated carbocycles. The Morgan fingerprint density at radius 1 is 0.892 bits per heavy atom. The summed E-state index contributed by atoms with van der Waals surface area (Å²) < 4.78 is 20.1. The second kappa shape index (κ2) is 9.94. The van der Waals surface area contributed by atoms with E-state index >= 15 is 0 Å². The van der Waals surface area contributed by atoms with Crippen LogP contribution in [0.4, 0.5) is 4.39 Å². The van der Waals surface area contributed by atoms with Crippen LogP contribution in [0, 0.1) is 11.2 Å². The fraction of sp³-hybridized carbons (Fsp3) is 0.214. The fourth-order valence-electron chi connectivity index (χ4n) is 4.59. The van der Waals surface area contributed by atoms with E-state index in [1.54, 1.807) is 12.1 Å². The number of aliphatic carboxylic acids is 2. The van der Waals surface area contributed by atoms with Gasteiger partial charge >= 0.3 is 11.9 Å². The Balaban J connectivity index is 1.25. The van der Waals surface area contributed by atoms with Gasteiger partial charge in [0.2, 0.25) is 5.82 Å². The highest BCUT2D eigenvalue weighted by molar-refractivity contribution is 5.98. The van der Waals surface area contributed by atoms with Crippen LogP contribution in [-0.4, -0.2) is 50.3 Å². The Bertz CT molecular complexity index is 1410. The highest BCUT2D eigenvalue weighted by Crippen LogP contribution is 2.33. The lowest BCUT2D eigenvalue weighted by atomic mass is 9.78. The Morgan fingerprint density at radius 2 is 1.54 bits per heavy atom. The number of carbonyl (C=O) groups is 2. The van der Waals surface area contributed by atoms with E-state index in [1.807, 2.05) is 59.5 Å². The number of piperidine rings is 1. The molecule has 188 valence electrons. The second-order valence-corrected chi connectivity index (χ2v) is 9.15. The smallest absolute Gasteiger partial charge is 0.321 e. The van der Waals surface area contributed by atoms with Gasteiger partial charge < -0.3 is 14.7 Å². The Hall–Kier alpha value is -4.37. The molecule has 1 aliphatic rings. The van der Waals surface area contributed by atoms with Crippen molar-refractivity contribution in [2.45, 2.75) is 19.4 Å². The number of nitrogens with zero attached hydrogens (tertiary/aromatic N) is 3. The molecule has 4 aromatic rings. The first kappa shape index (κ1) is 24.3. The molecule has 2 N–H and O–H groups in total. The average molecular weight is 502 g/mol. The summed E-state index contributed by atoms with van der Waals surface area (Å²) in [7, 11) is 0. The summed E-state index contributed by atoms with van der Waals surface area (Å²) in [6, 6.07) is 21.6. The highest BCUT2D eigenvalue weighted by atomic mass is 19.1. The molecule has 37 heavy (non-hydrogen) atoms. The van der Waals surface area contributed by atoms with Crippen LogP contribution in [0.1, 0.15) is 18.4 Å². The van der Waals surface area contributed by atoms with Crippen molar-refractivity contribution in [1.82, 2.24) is 15.0 Å². The minimum absolute atomic E-state index is 0.0638. The van der Waals surface area contributed by atoms with Gasteiger partial charge in [0.25, 0.3) is 5.89 Å². The predicted molar refractivity (Wildman–Crippen MR) is 133 cm³/mol. The zero-order valence-electron chi connectivity index (χ0n) is 19.8. The van der Waals surface area contributed by atoms with E-state index in [-0.39, 0.29) is 24.5 Å². The van der Waals surface area contributed by atoms with E-state index in [0.29, 0.717) is 36.6 Å². The monoisotopic (exact) mass is 501 g/mol. The molecule has 0 unspecified atom stereocenters. The number of likely N-dealkylation sites (tertiary alicyclic amines) is 1. The molecule has 1 fully saturated rings. The molecule has 0 spiro atoms. The van der Waals surface area contributed by atoms with E-state index in [2.05, 4.69) is 10.1 Å². The van der Waals surface area contributed by atoms with Gasteiger partial charge in [0, 0.05) is 36.3 Å². The van der Waals surface area contributed by atoms with Crippen LogP contribution in [-0.2, 0) is 16.1 Å². The van der Waals surface area contributed by atoms with Gasteiger partial charge in [-0.1, -0.05) is 65.8 Å². The fourth-order valence-corrected chi connectivity index (χ4v) is 4.59. The Labute approximate surface area is 212 Å². The molecule has 9 heteroatoms. The lowest BCUT2D eigenvalue weighted by Gasteiger charge is -2.36. The normalized spacial score (nSPS) is 15.4. The molecule has 0 bridgehead atoms. The van der Waals surface area contributed by atoms with Crippen molar-refractivity contribution < 1.29 is 28.7 Å². The van der Waals surface area contributed by atoms with E-state index in [1.165, 1.54) is 6.07 Å². The molecule has 0 atom stereocenters. The van der Waals surface area contributed by atoms with Crippen LogP contribution in [0.5, 0.6) is 0 Å². The highest BCUT2D eigenvalue weighted by Gasteiger charge is 2.48. The summed E-state index contributed by atoms with van der Waals surface area (Å²) in [5.74, 6) is -2.35. The van der Waals surface area contributed by atoms with Gasteiger partial charge in [0.1, 0.15) is 5.82 Å². The number of carboxylic acids is 2. The van der Waals surface area contributed by atoms with Gasteiger partial charge in [-0.15, -0.1) is 0 Å². The molecule has 5 rings (SSSR count). The maximum absolute atomic E-state index is 14.8. The summed E-state index contributed by atoms with van der Waals surface area (Å²) in [5, 5.41) is 22.8. The quantitative estimate of drug-likeness (QED) is 0.341. The Morgan fingerprint density at radius 3 is 2.16 bits per heavy atom. The first-order valence-electron chi connectivity index (χ1n) is 11.8. The summed E-state index contributed by atoms with van der Waals surface area (Å²) in [6.45, 7) is 1.34. The van der Waals surface area contributed by atoms with Gasteiger partial charge in [-0.05, 0) is 36.1 Å². The zero-order valence-corrected chi connectivity index (χ0v) is 19.8. The van der Waals surface area contributed by atoms with Gasteiger partial charge in [0.05, 0.1) is 0 Å². The molecular weight excluding hydrogens is 477 g/mol. The molecule has 1 saturated heterocycles. The molecule has 2 heterocycles. The third-order valence-electron chi connectivity index (χ3n) is 6.87. The Kier molecular flexibility index (Phi) is 6.54. The summed E-state index contributed by atoms with van der Waals surface area (Å²) in [6.07, 6.45) is 0.128. The summed E-state index contributed by atoms with van der Waals surface area (Å²) in [4.78, 5) is 29.5. The summed E-state index contributed by atoms with van der Waals surface area (Å²) in [5.41, 5.74) is 1.77. The van der Waals surface area contributed by atoms with Crippen LogP contribution < -0.4 is 0 Å². The molecule has 0 aliphatic carbocycles. The number of benzene rings is 3. The number of hydrogen-bond donors (Lipinski definition) is 2. The first-order valence-corrected chi connectivity index (χ1v) is 11.8. The van der Waals surface area contributed by atoms with Gasteiger partial charge in [-0.2, -0.15) is 4.98 Å². The van der Waals surface area contributed by atoms with Crippen LogP contribution in [0.2, 0.25) is 0 Å². The largest absolute Gasteiger partial charge is 0.480 e. The number of carboxylic acid groups (broad SMARTS) is 2. The average Bonchev–Trinajstić information content (AvgIpc) is 3.40. The van der Waals surface area contributed by atoms with Crippen LogP contribution >= 0.6 is 0 Å². The third kappa shape index (κ3) is 4.85. The number of hydrogen-bond acceptors (Lipinski definition) is 6. The molecule has 3 aromatic carbocycles. The van der Waals surface area contributed by atoms with Crippen LogP contribution in [0.15, 0.2) is 77.3 Å². The first-order chi connectivity index (χ1) is 17.9. The molecule has 8 nitrogen and oxygen atoms in total. The maximum atomic E-state index is 14.8. The SMILES string of the molecule is O=C(O)C1(C(=O)O)CCN(Cc2ccc(-c3noc(-c4ccc(-c5ccccc5)c(F)c4)n3)cc2)CC1. The lowest BCUT2D eigenvalue weighted by molar-refractivity contribution is -0.168. The van der Waals surface area contributed by atoms with Crippen molar-refractivity contribution in [3.05, 3.63) is 84.2 Å². The van der Waals surface area contributed by atoms with Crippen LogP contribution in [0.3, 0.4) is 0 Å². The number of rotatable bonds is 7. The predicted octanol–water partition coefficient (Wildman–Crippen LogP) is 4.96. The standard InChI is InChI=1S/C28H24FN3O5/c29-23-16-21(10-11-22(23)19-4-2-1-3-5-19)25-30-24(31-37-25)20-8-6-18(7-9-20)17-32-14-12-28(13-15-32,26(33)34)27(35)36/h1-11,16H,12-15,17H2,(H,33,34)(H,35,36). The minimum atomic E-state index is -1.71. The van der Waals surface area contributed by atoms with Crippen molar-refractivity contribution in [3.63, 3.8) is 0 Å². The molecular formula is C28H24FN3O5. The minimum Gasteiger partial charge on any atom is -0.480 e. The van der Waals surface area contributed by atoms with E-state index in [0.717, 1.165) is 16.7 Å². The van der Waals surface area contributed by atoms with E-state index < -0.39 is 17.4 Å². The van der Waals surface area contributed by atoms with Gasteiger partial charge in [0.15, 0.2) is 5.41 Å². The molecule has 0 amide bonds. The topological polar surface area (TPSA) is 117 Å². The summed E-state index contributed by atoms with van der Waals surface area (Å²) >= 11 is 0. The van der Waals surface area contributed by atoms with Crippen LogP contribution in [0.25, 0.3) is 34.0 Å². The van der Waals surface area contributed by atoms with Gasteiger partial charge in [-0.3, -0.25) is 14.5 Å². The maximum Gasteiger partial charge on any atom is 0.321 e. The molecule has 1 aromatic heterocycles. The zero-order chi connectivity index (χ0) is 26.0. The van der Waals surface area contributed by atoms with Crippen molar-refractivity contribution in [2.24, 2.45) is 5.41 Å². The van der Waals surface area contributed by atoms with Gasteiger partial charge in [-0.25, -0.2) is 4.39 Å². The van der Waals surface area contributed by atoms with E-state index in [9.17, 15) is 24.2 Å². The molecule has 0 radical (unpaired) electrons. The third-order valence-corrected chi connectivity index (χ3v) is 6.87. The van der Waals surface area contributed by atoms with E-state index in [4.69, 9.17) is 4.52 Å². The number of aromatic nitrogens is 2.